The first-order valence-corrected chi connectivity index (χ1v) is 8.88. The standard InChI is InChI=1S/C16H21N3O5S/c1-15(2,3)24-14(23)19-7-16(8-19)6-18(5-10(16)13(21)22)12(20)11-4-17-9-25-11/h4,9-10H,5-8H2,1-3H3,(H,21,22)/t10-/m1/s1. The number of rotatable bonds is 2. The molecule has 9 heteroatoms. The number of carboxylic acids is 1. The van der Waals surface area contributed by atoms with Crippen LogP contribution in [-0.2, 0) is 9.53 Å². The van der Waals surface area contributed by atoms with Gasteiger partial charge in [0.25, 0.3) is 5.91 Å². The van der Waals surface area contributed by atoms with Gasteiger partial charge in [-0.2, -0.15) is 0 Å². The SMILES string of the molecule is CC(C)(C)OC(=O)N1CC2(C1)CN(C(=O)c1cncs1)C[C@@H]2C(=O)O. The second kappa shape index (κ2) is 5.98. The molecule has 0 bridgehead atoms. The molecule has 8 nitrogen and oxygen atoms in total. The van der Waals surface area contributed by atoms with E-state index >= 15 is 0 Å². The molecule has 0 unspecified atom stereocenters. The highest BCUT2D eigenvalue weighted by Crippen LogP contribution is 2.45. The van der Waals surface area contributed by atoms with Crippen LogP contribution >= 0.6 is 11.3 Å². The largest absolute Gasteiger partial charge is 0.481 e. The van der Waals surface area contributed by atoms with E-state index in [1.807, 2.05) is 0 Å². The van der Waals surface area contributed by atoms with Crippen molar-refractivity contribution in [2.75, 3.05) is 26.2 Å². The molecule has 25 heavy (non-hydrogen) atoms. The van der Waals surface area contributed by atoms with Crippen molar-refractivity contribution in [3.63, 3.8) is 0 Å². The van der Waals surface area contributed by atoms with Gasteiger partial charge < -0.3 is 19.6 Å². The Morgan fingerprint density at radius 1 is 1.28 bits per heavy atom. The third kappa shape index (κ3) is 3.33. The lowest BCUT2D eigenvalue weighted by Gasteiger charge is -2.49. The van der Waals surface area contributed by atoms with Crippen molar-refractivity contribution < 1.29 is 24.2 Å². The van der Waals surface area contributed by atoms with Gasteiger partial charge >= 0.3 is 12.1 Å². The van der Waals surface area contributed by atoms with E-state index in [0.29, 0.717) is 11.4 Å². The molecule has 2 aliphatic rings. The molecule has 2 aliphatic heterocycles. The molecule has 1 aromatic rings. The fourth-order valence-corrected chi connectivity index (χ4v) is 4.02. The van der Waals surface area contributed by atoms with E-state index in [1.165, 1.54) is 22.4 Å². The average molecular weight is 367 g/mol. The summed E-state index contributed by atoms with van der Waals surface area (Å²) >= 11 is 1.23. The van der Waals surface area contributed by atoms with E-state index in [4.69, 9.17) is 4.74 Å². The highest BCUT2D eigenvalue weighted by Gasteiger charge is 2.59. The number of hydrogen-bond donors (Lipinski definition) is 1. The molecular formula is C16H21N3O5S. The Balaban J connectivity index is 1.70. The van der Waals surface area contributed by atoms with Gasteiger partial charge in [0, 0.05) is 31.6 Å². The minimum Gasteiger partial charge on any atom is -0.481 e. The summed E-state index contributed by atoms with van der Waals surface area (Å²) in [5.74, 6) is -1.84. The predicted molar refractivity (Wildman–Crippen MR) is 89.4 cm³/mol. The van der Waals surface area contributed by atoms with Crippen molar-refractivity contribution in [1.82, 2.24) is 14.8 Å². The van der Waals surface area contributed by atoms with Crippen LogP contribution in [0.15, 0.2) is 11.7 Å². The molecule has 2 saturated heterocycles. The number of aliphatic carboxylic acids is 1. The number of amides is 2. The number of carbonyl (C=O) groups excluding carboxylic acids is 2. The highest BCUT2D eigenvalue weighted by atomic mass is 32.1. The number of ether oxygens (including phenoxy) is 1. The molecule has 0 saturated carbocycles. The first-order chi connectivity index (χ1) is 11.6. The number of nitrogens with zero attached hydrogens (tertiary/aromatic N) is 3. The quantitative estimate of drug-likeness (QED) is 0.851. The van der Waals surface area contributed by atoms with Crippen LogP contribution in [0.25, 0.3) is 0 Å². The van der Waals surface area contributed by atoms with Crippen molar-refractivity contribution in [1.29, 1.82) is 0 Å². The minimum atomic E-state index is -0.941. The number of aromatic nitrogens is 1. The third-order valence-corrected chi connectivity index (χ3v) is 5.30. The van der Waals surface area contributed by atoms with Crippen molar-refractivity contribution >= 4 is 29.3 Å². The maximum atomic E-state index is 12.5. The number of carboxylic acid groups (broad SMARTS) is 1. The van der Waals surface area contributed by atoms with Gasteiger partial charge in [0.15, 0.2) is 0 Å². The normalized spacial score (nSPS) is 22.0. The first-order valence-electron chi connectivity index (χ1n) is 8.00. The van der Waals surface area contributed by atoms with Gasteiger partial charge in [0.1, 0.15) is 10.5 Å². The fraction of sp³-hybridized carbons (Fsp3) is 0.625. The average Bonchev–Trinajstić information content (AvgIpc) is 3.10. The zero-order valence-electron chi connectivity index (χ0n) is 14.4. The van der Waals surface area contributed by atoms with E-state index in [0.717, 1.165) is 0 Å². The van der Waals surface area contributed by atoms with Gasteiger partial charge in [-0.3, -0.25) is 14.6 Å². The van der Waals surface area contributed by atoms with Gasteiger partial charge in [0.2, 0.25) is 0 Å². The van der Waals surface area contributed by atoms with Gasteiger partial charge in [-0.25, -0.2) is 4.79 Å². The first kappa shape index (κ1) is 17.7. The monoisotopic (exact) mass is 367 g/mol. The number of hydrogen-bond acceptors (Lipinski definition) is 6. The smallest absolute Gasteiger partial charge is 0.410 e. The molecule has 1 atom stereocenters. The molecule has 2 fully saturated rings. The van der Waals surface area contributed by atoms with Crippen molar-refractivity contribution in [3.05, 3.63) is 16.6 Å². The lowest BCUT2D eigenvalue weighted by atomic mass is 9.72. The summed E-state index contributed by atoms with van der Waals surface area (Å²) in [7, 11) is 0. The van der Waals surface area contributed by atoms with Crippen molar-refractivity contribution in [2.45, 2.75) is 26.4 Å². The highest BCUT2D eigenvalue weighted by molar-refractivity contribution is 7.11. The Kier molecular flexibility index (Phi) is 4.22. The molecule has 1 aromatic heterocycles. The Bertz CT molecular complexity index is 691. The topological polar surface area (TPSA) is 100 Å². The second-order valence-corrected chi connectivity index (χ2v) is 8.53. The van der Waals surface area contributed by atoms with Crippen LogP contribution in [0, 0.1) is 11.3 Å². The summed E-state index contributed by atoms with van der Waals surface area (Å²) in [5, 5.41) is 9.57. The second-order valence-electron chi connectivity index (χ2n) is 7.64. The molecular weight excluding hydrogens is 346 g/mol. The van der Waals surface area contributed by atoms with Crippen LogP contribution in [0.2, 0.25) is 0 Å². The van der Waals surface area contributed by atoms with Crippen LogP contribution in [0.4, 0.5) is 4.79 Å². The van der Waals surface area contributed by atoms with Crippen molar-refractivity contribution in [3.8, 4) is 0 Å². The van der Waals surface area contributed by atoms with E-state index < -0.39 is 29.0 Å². The maximum absolute atomic E-state index is 12.5. The number of likely N-dealkylation sites (tertiary alicyclic amines) is 2. The number of carbonyl (C=O) groups is 3. The summed E-state index contributed by atoms with van der Waals surface area (Å²) < 4.78 is 5.33. The Labute approximate surface area is 149 Å². The molecule has 1 N–H and O–H groups in total. The summed E-state index contributed by atoms with van der Waals surface area (Å²) in [6, 6.07) is 0. The molecule has 3 rings (SSSR count). The molecule has 0 radical (unpaired) electrons. The predicted octanol–water partition coefficient (Wildman–Crippen LogP) is 1.54. The van der Waals surface area contributed by atoms with Gasteiger partial charge in [-0.05, 0) is 20.8 Å². The Hall–Kier alpha value is -2.16. The van der Waals surface area contributed by atoms with E-state index in [2.05, 4.69) is 4.98 Å². The van der Waals surface area contributed by atoms with E-state index in [-0.39, 0.29) is 25.5 Å². The summed E-state index contributed by atoms with van der Waals surface area (Å²) in [5.41, 5.74) is 0.361. The fourth-order valence-electron chi connectivity index (χ4n) is 3.43. The summed E-state index contributed by atoms with van der Waals surface area (Å²) in [6.07, 6.45) is 1.04. The molecule has 0 aliphatic carbocycles. The Morgan fingerprint density at radius 2 is 1.92 bits per heavy atom. The summed E-state index contributed by atoms with van der Waals surface area (Å²) in [4.78, 5) is 43.8. The summed E-state index contributed by atoms with van der Waals surface area (Å²) in [6.45, 7) is 6.38. The Morgan fingerprint density at radius 3 is 2.44 bits per heavy atom. The van der Waals surface area contributed by atoms with Crippen LogP contribution < -0.4 is 0 Å². The zero-order chi connectivity index (χ0) is 18.4. The molecule has 3 heterocycles. The van der Waals surface area contributed by atoms with E-state index in [9.17, 15) is 19.5 Å². The van der Waals surface area contributed by atoms with Gasteiger partial charge in [-0.1, -0.05) is 0 Å². The van der Waals surface area contributed by atoms with Gasteiger partial charge in [-0.15, -0.1) is 11.3 Å². The molecule has 0 aromatic carbocycles. The number of thiazole rings is 1. The van der Waals surface area contributed by atoms with Crippen LogP contribution in [-0.4, -0.2) is 69.6 Å². The molecule has 1 spiro atoms. The zero-order valence-corrected chi connectivity index (χ0v) is 15.2. The van der Waals surface area contributed by atoms with Crippen LogP contribution in [0.1, 0.15) is 30.4 Å². The van der Waals surface area contributed by atoms with Crippen LogP contribution in [0.5, 0.6) is 0 Å². The molecule has 136 valence electrons. The lowest BCUT2D eigenvalue weighted by molar-refractivity contribution is -0.149. The minimum absolute atomic E-state index is 0.147. The lowest BCUT2D eigenvalue weighted by Crippen LogP contribution is -2.63. The maximum Gasteiger partial charge on any atom is 0.410 e. The molecule has 2 amide bonds. The van der Waals surface area contributed by atoms with Crippen molar-refractivity contribution in [2.24, 2.45) is 11.3 Å². The van der Waals surface area contributed by atoms with Crippen LogP contribution in [0.3, 0.4) is 0 Å². The van der Waals surface area contributed by atoms with E-state index in [1.54, 1.807) is 31.2 Å². The third-order valence-electron chi connectivity index (χ3n) is 4.54. The van der Waals surface area contributed by atoms with Gasteiger partial charge in [0.05, 0.1) is 17.6 Å².